The number of hydrogen-bond acceptors (Lipinski definition) is 7. The van der Waals surface area contributed by atoms with Crippen LogP contribution >= 0.6 is 11.3 Å². The molecular formula is C11H10N6O3S2. The monoisotopic (exact) mass is 338 g/mol. The quantitative estimate of drug-likeness (QED) is 0.612. The van der Waals surface area contributed by atoms with Gasteiger partial charge in [0.25, 0.3) is 14.4 Å². The maximum absolute atomic E-state index is 12.2. The number of rotatable bonds is 4. The van der Waals surface area contributed by atoms with E-state index in [1.807, 2.05) is 0 Å². The fraction of sp³-hybridized carbons (Fsp3) is 0.0909. The summed E-state index contributed by atoms with van der Waals surface area (Å²) >= 11 is 0.768. The first-order valence-electron chi connectivity index (χ1n) is 6.01. The van der Waals surface area contributed by atoms with E-state index in [4.69, 9.17) is 0 Å². The second-order valence-electron chi connectivity index (χ2n) is 4.29. The SMILES string of the molecule is CC(=O)Nc1nnc(S(=O)(=O)Nc2ccc3nc[nH]c3c2)s1. The van der Waals surface area contributed by atoms with Gasteiger partial charge in [0.2, 0.25) is 11.0 Å². The highest BCUT2D eigenvalue weighted by atomic mass is 32.2. The highest BCUT2D eigenvalue weighted by molar-refractivity contribution is 7.94. The van der Waals surface area contributed by atoms with Crippen molar-refractivity contribution in [2.75, 3.05) is 10.0 Å². The zero-order valence-electron chi connectivity index (χ0n) is 11.2. The number of imidazole rings is 1. The van der Waals surface area contributed by atoms with Crippen molar-refractivity contribution in [2.24, 2.45) is 0 Å². The van der Waals surface area contributed by atoms with Gasteiger partial charge in [-0.05, 0) is 18.2 Å². The molecule has 0 spiro atoms. The molecule has 3 rings (SSSR count). The van der Waals surface area contributed by atoms with Crippen molar-refractivity contribution in [3.05, 3.63) is 24.5 Å². The van der Waals surface area contributed by atoms with Crippen LogP contribution in [0.1, 0.15) is 6.92 Å². The Morgan fingerprint density at radius 2 is 2.14 bits per heavy atom. The van der Waals surface area contributed by atoms with E-state index in [1.165, 1.54) is 13.3 Å². The number of carbonyl (C=O) groups excluding carboxylic acids is 1. The summed E-state index contributed by atoms with van der Waals surface area (Å²) in [7, 11) is -3.87. The van der Waals surface area contributed by atoms with Gasteiger partial charge in [0.1, 0.15) is 0 Å². The molecule has 0 aliphatic rings. The summed E-state index contributed by atoms with van der Waals surface area (Å²) in [5.74, 6) is -0.349. The smallest absolute Gasteiger partial charge is 0.291 e. The molecule has 0 atom stereocenters. The van der Waals surface area contributed by atoms with E-state index < -0.39 is 10.0 Å². The van der Waals surface area contributed by atoms with Gasteiger partial charge in [0.05, 0.1) is 23.0 Å². The third-order valence-corrected chi connectivity index (χ3v) is 5.18. The van der Waals surface area contributed by atoms with E-state index in [2.05, 4.69) is 30.2 Å². The Hall–Kier alpha value is -2.53. The van der Waals surface area contributed by atoms with Crippen LogP contribution in [0.4, 0.5) is 10.8 Å². The Kier molecular flexibility index (Phi) is 3.50. The first-order chi connectivity index (χ1) is 10.4. The molecule has 0 radical (unpaired) electrons. The summed E-state index contributed by atoms with van der Waals surface area (Å²) < 4.78 is 26.6. The molecule has 0 fully saturated rings. The van der Waals surface area contributed by atoms with E-state index in [0.717, 1.165) is 16.9 Å². The van der Waals surface area contributed by atoms with Gasteiger partial charge in [0.15, 0.2) is 0 Å². The third-order valence-electron chi connectivity index (χ3n) is 2.59. The maximum atomic E-state index is 12.2. The van der Waals surface area contributed by atoms with Crippen LogP contribution in [0.25, 0.3) is 11.0 Å². The van der Waals surface area contributed by atoms with Crippen LogP contribution in [0.5, 0.6) is 0 Å². The highest BCUT2D eigenvalue weighted by Gasteiger charge is 2.21. The lowest BCUT2D eigenvalue weighted by Gasteiger charge is -2.04. The number of H-pyrrole nitrogens is 1. The number of aromatic amines is 1. The number of nitrogens with one attached hydrogen (secondary N) is 3. The minimum Gasteiger partial charge on any atom is -0.345 e. The van der Waals surface area contributed by atoms with Gasteiger partial charge in [-0.2, -0.15) is 8.42 Å². The van der Waals surface area contributed by atoms with Crippen molar-refractivity contribution < 1.29 is 13.2 Å². The van der Waals surface area contributed by atoms with E-state index in [9.17, 15) is 13.2 Å². The molecule has 0 saturated carbocycles. The molecule has 1 aromatic carbocycles. The van der Waals surface area contributed by atoms with Gasteiger partial charge in [-0.1, -0.05) is 11.3 Å². The predicted molar refractivity (Wildman–Crippen MR) is 81.1 cm³/mol. The van der Waals surface area contributed by atoms with Crippen molar-refractivity contribution in [3.8, 4) is 0 Å². The lowest BCUT2D eigenvalue weighted by Crippen LogP contribution is -2.12. The molecule has 2 aromatic heterocycles. The predicted octanol–water partition coefficient (Wildman–Crippen LogP) is 1.17. The molecule has 1 amide bonds. The average molecular weight is 338 g/mol. The van der Waals surface area contributed by atoms with Crippen LogP contribution in [-0.2, 0) is 14.8 Å². The lowest BCUT2D eigenvalue weighted by atomic mass is 10.3. The standard InChI is InChI=1S/C11H10N6O3S2/c1-6(18)14-10-15-16-11(21-10)22(19,20)17-7-2-3-8-9(4-7)13-5-12-8/h2-5,17H,1H3,(H,12,13)(H,14,15,18). The highest BCUT2D eigenvalue weighted by Crippen LogP contribution is 2.23. The minimum absolute atomic E-state index is 0.122. The Labute approximate surface area is 128 Å². The number of amides is 1. The Bertz CT molecular complexity index is 946. The molecule has 0 unspecified atom stereocenters. The van der Waals surface area contributed by atoms with Crippen molar-refractivity contribution in [1.82, 2.24) is 20.2 Å². The molecule has 9 nitrogen and oxygen atoms in total. The third kappa shape index (κ3) is 2.89. The summed E-state index contributed by atoms with van der Waals surface area (Å²) in [5.41, 5.74) is 1.80. The zero-order chi connectivity index (χ0) is 15.7. The number of nitrogens with zero attached hydrogens (tertiary/aromatic N) is 3. The molecule has 2 heterocycles. The van der Waals surface area contributed by atoms with Crippen molar-refractivity contribution in [2.45, 2.75) is 11.3 Å². The summed E-state index contributed by atoms with van der Waals surface area (Å²) in [6, 6.07) is 4.90. The van der Waals surface area contributed by atoms with Crippen LogP contribution in [0, 0.1) is 0 Å². The van der Waals surface area contributed by atoms with E-state index in [0.29, 0.717) is 11.2 Å². The average Bonchev–Trinajstić information content (AvgIpc) is 3.06. The fourth-order valence-electron chi connectivity index (χ4n) is 1.72. The number of hydrogen-bond donors (Lipinski definition) is 3. The van der Waals surface area contributed by atoms with Gasteiger partial charge in [-0.15, -0.1) is 10.2 Å². The molecule has 3 N–H and O–H groups in total. The normalized spacial score (nSPS) is 11.5. The molecule has 3 aromatic rings. The van der Waals surface area contributed by atoms with Gasteiger partial charge in [-0.25, -0.2) is 4.98 Å². The Morgan fingerprint density at radius 1 is 1.32 bits per heavy atom. The maximum Gasteiger partial charge on any atom is 0.291 e. The largest absolute Gasteiger partial charge is 0.345 e. The van der Waals surface area contributed by atoms with Gasteiger partial charge >= 0.3 is 0 Å². The van der Waals surface area contributed by atoms with Crippen LogP contribution in [0.15, 0.2) is 28.9 Å². The molecule has 0 bridgehead atoms. The zero-order valence-corrected chi connectivity index (χ0v) is 12.8. The number of carbonyl (C=O) groups is 1. The van der Waals surface area contributed by atoms with Crippen LogP contribution in [-0.4, -0.2) is 34.5 Å². The van der Waals surface area contributed by atoms with Crippen molar-refractivity contribution >= 4 is 49.1 Å². The summed E-state index contributed by atoms with van der Waals surface area (Å²) in [4.78, 5) is 17.9. The van der Waals surface area contributed by atoms with Gasteiger partial charge in [-0.3, -0.25) is 9.52 Å². The van der Waals surface area contributed by atoms with Crippen LogP contribution in [0.3, 0.4) is 0 Å². The first kappa shape index (κ1) is 14.4. The number of benzene rings is 1. The summed E-state index contributed by atoms with van der Waals surface area (Å²) in [5, 5.41) is 9.68. The number of sulfonamides is 1. The Morgan fingerprint density at radius 3 is 2.91 bits per heavy atom. The molecule has 0 aliphatic heterocycles. The molecule has 0 aliphatic carbocycles. The minimum atomic E-state index is -3.87. The van der Waals surface area contributed by atoms with Crippen molar-refractivity contribution in [1.29, 1.82) is 0 Å². The van der Waals surface area contributed by atoms with Gasteiger partial charge in [0, 0.05) is 6.92 Å². The van der Waals surface area contributed by atoms with Crippen molar-refractivity contribution in [3.63, 3.8) is 0 Å². The first-order valence-corrected chi connectivity index (χ1v) is 8.31. The van der Waals surface area contributed by atoms with Gasteiger partial charge < -0.3 is 10.3 Å². The topological polar surface area (TPSA) is 130 Å². The molecule has 11 heteroatoms. The summed E-state index contributed by atoms with van der Waals surface area (Å²) in [6.07, 6.45) is 1.52. The number of aromatic nitrogens is 4. The van der Waals surface area contributed by atoms with E-state index >= 15 is 0 Å². The lowest BCUT2D eigenvalue weighted by molar-refractivity contribution is -0.114. The number of anilines is 2. The molecule has 0 saturated heterocycles. The molecule has 114 valence electrons. The number of fused-ring (bicyclic) bond motifs is 1. The Balaban J connectivity index is 1.86. The fourth-order valence-corrected chi connectivity index (χ4v) is 3.71. The van der Waals surface area contributed by atoms with Crippen LogP contribution in [0.2, 0.25) is 0 Å². The summed E-state index contributed by atoms with van der Waals surface area (Å²) in [6.45, 7) is 1.30. The second kappa shape index (κ2) is 5.35. The van der Waals surface area contributed by atoms with E-state index in [1.54, 1.807) is 18.2 Å². The molecule has 22 heavy (non-hydrogen) atoms. The molecular weight excluding hydrogens is 328 g/mol. The van der Waals surface area contributed by atoms with Crippen LogP contribution < -0.4 is 10.0 Å². The second-order valence-corrected chi connectivity index (χ2v) is 7.13. The van der Waals surface area contributed by atoms with E-state index in [-0.39, 0.29) is 15.4 Å².